The number of carboxylic acids is 1. The molecule has 20 heavy (non-hydrogen) atoms. The van der Waals surface area contributed by atoms with Gasteiger partial charge < -0.3 is 20.1 Å². The zero-order valence-electron chi connectivity index (χ0n) is 10.3. The topological polar surface area (TPSA) is 78.9 Å². The zero-order chi connectivity index (χ0) is 14.7. The number of anilines is 1. The number of carboxylic acid groups (broad SMARTS) is 1. The smallest absolute Gasteiger partial charge is 0.334 e. The molecule has 2 rings (SSSR count). The van der Waals surface area contributed by atoms with Crippen LogP contribution in [0.5, 0.6) is 0 Å². The first-order valence-electron chi connectivity index (χ1n) is 5.83. The number of rotatable bonds is 2. The second kappa shape index (κ2) is 6.43. The lowest BCUT2D eigenvalue weighted by Crippen LogP contribution is -2.49. The van der Waals surface area contributed by atoms with E-state index in [0.717, 1.165) is 4.47 Å². The number of ether oxygens (including phenoxy) is 1. The molecule has 1 aromatic rings. The Kier molecular flexibility index (Phi) is 4.85. The van der Waals surface area contributed by atoms with Crippen molar-refractivity contribution in [1.82, 2.24) is 4.90 Å². The molecule has 1 atom stereocenters. The van der Waals surface area contributed by atoms with E-state index in [-0.39, 0.29) is 13.2 Å². The van der Waals surface area contributed by atoms with Gasteiger partial charge in [-0.15, -0.1) is 0 Å². The first-order valence-corrected chi connectivity index (χ1v) is 7.00. The number of aliphatic carboxylic acids is 1. The van der Waals surface area contributed by atoms with E-state index in [4.69, 9.17) is 21.4 Å². The summed E-state index contributed by atoms with van der Waals surface area (Å²) in [5, 5.41) is 11.9. The van der Waals surface area contributed by atoms with Crippen molar-refractivity contribution in [3.05, 3.63) is 27.7 Å². The number of carbonyl (C=O) groups excluding carboxylic acids is 1. The Bertz CT molecular complexity index is 540. The van der Waals surface area contributed by atoms with Gasteiger partial charge in [-0.25, -0.2) is 9.59 Å². The molecule has 8 heteroatoms. The van der Waals surface area contributed by atoms with E-state index in [1.807, 2.05) is 0 Å². The molecule has 2 N–H and O–H groups in total. The van der Waals surface area contributed by atoms with E-state index >= 15 is 0 Å². The molecular formula is C12H12BrClN2O4. The summed E-state index contributed by atoms with van der Waals surface area (Å²) in [5.41, 5.74) is 0.471. The second-order valence-corrected chi connectivity index (χ2v) is 5.52. The molecule has 1 unspecified atom stereocenters. The van der Waals surface area contributed by atoms with Crippen LogP contribution in [0.25, 0.3) is 0 Å². The van der Waals surface area contributed by atoms with Gasteiger partial charge in [-0.1, -0.05) is 27.5 Å². The quantitative estimate of drug-likeness (QED) is 0.846. The largest absolute Gasteiger partial charge is 0.479 e. The van der Waals surface area contributed by atoms with Crippen molar-refractivity contribution in [1.29, 1.82) is 0 Å². The Morgan fingerprint density at radius 2 is 2.25 bits per heavy atom. The average Bonchev–Trinajstić information content (AvgIpc) is 2.42. The Balaban J connectivity index is 2.02. The van der Waals surface area contributed by atoms with Crippen molar-refractivity contribution in [2.45, 2.75) is 6.10 Å². The zero-order valence-corrected chi connectivity index (χ0v) is 12.6. The Morgan fingerprint density at radius 1 is 1.50 bits per heavy atom. The monoisotopic (exact) mass is 362 g/mol. The molecule has 0 spiro atoms. The van der Waals surface area contributed by atoms with Crippen molar-refractivity contribution in [3.63, 3.8) is 0 Å². The van der Waals surface area contributed by atoms with Crippen molar-refractivity contribution >= 4 is 45.2 Å². The van der Waals surface area contributed by atoms with Gasteiger partial charge in [-0.3, -0.25) is 0 Å². The van der Waals surface area contributed by atoms with E-state index in [1.165, 1.54) is 4.90 Å². The van der Waals surface area contributed by atoms with Crippen LogP contribution in [0.2, 0.25) is 5.02 Å². The molecule has 1 saturated heterocycles. The Labute approximate surface area is 128 Å². The maximum Gasteiger partial charge on any atom is 0.334 e. The molecular weight excluding hydrogens is 351 g/mol. The van der Waals surface area contributed by atoms with Gasteiger partial charge in [0, 0.05) is 11.0 Å². The summed E-state index contributed by atoms with van der Waals surface area (Å²) >= 11 is 9.28. The third-order valence-corrected chi connectivity index (χ3v) is 3.61. The fourth-order valence-corrected chi connectivity index (χ4v) is 2.49. The van der Waals surface area contributed by atoms with Crippen molar-refractivity contribution in [3.8, 4) is 0 Å². The minimum atomic E-state index is -1.08. The number of hydrogen-bond acceptors (Lipinski definition) is 3. The molecule has 1 aromatic carbocycles. The van der Waals surface area contributed by atoms with Gasteiger partial charge in [0.1, 0.15) is 0 Å². The summed E-state index contributed by atoms with van der Waals surface area (Å²) in [6, 6.07) is 4.68. The number of halogens is 2. The third kappa shape index (κ3) is 3.62. The minimum Gasteiger partial charge on any atom is -0.479 e. The number of carbonyl (C=O) groups is 2. The van der Waals surface area contributed by atoms with Gasteiger partial charge >= 0.3 is 12.0 Å². The summed E-state index contributed by atoms with van der Waals surface area (Å²) in [5.74, 6) is -1.08. The lowest BCUT2D eigenvalue weighted by atomic mass is 10.3. The van der Waals surface area contributed by atoms with Gasteiger partial charge in [0.25, 0.3) is 0 Å². The molecule has 1 aliphatic heterocycles. The molecule has 108 valence electrons. The molecule has 1 fully saturated rings. The number of nitrogens with one attached hydrogen (secondary N) is 1. The van der Waals surface area contributed by atoms with Crippen LogP contribution in [0, 0.1) is 0 Å². The summed E-state index contributed by atoms with van der Waals surface area (Å²) < 4.78 is 5.86. The Morgan fingerprint density at radius 3 is 2.90 bits per heavy atom. The van der Waals surface area contributed by atoms with Gasteiger partial charge in [0.2, 0.25) is 0 Å². The summed E-state index contributed by atoms with van der Waals surface area (Å²) in [6.07, 6.45) is -0.991. The van der Waals surface area contributed by atoms with Crippen molar-refractivity contribution < 1.29 is 19.4 Å². The molecule has 0 radical (unpaired) electrons. The summed E-state index contributed by atoms with van der Waals surface area (Å²) in [6.45, 7) is 0.539. The predicted molar refractivity (Wildman–Crippen MR) is 77.1 cm³/mol. The number of hydrogen-bond donors (Lipinski definition) is 2. The lowest BCUT2D eigenvalue weighted by Gasteiger charge is -2.30. The van der Waals surface area contributed by atoms with Gasteiger partial charge in [0.15, 0.2) is 6.10 Å². The molecule has 0 bridgehead atoms. The lowest BCUT2D eigenvalue weighted by molar-refractivity contribution is -0.154. The van der Waals surface area contributed by atoms with Gasteiger partial charge in [-0.05, 0) is 18.2 Å². The first-order chi connectivity index (χ1) is 9.47. The second-order valence-electron chi connectivity index (χ2n) is 4.20. The normalized spacial score (nSPS) is 18.7. The number of benzene rings is 1. The summed E-state index contributed by atoms with van der Waals surface area (Å²) in [7, 11) is 0. The molecule has 1 aliphatic rings. The van der Waals surface area contributed by atoms with Crippen molar-refractivity contribution in [2.24, 2.45) is 0 Å². The molecule has 2 amide bonds. The maximum atomic E-state index is 12.1. The fraction of sp³-hybridized carbons (Fsp3) is 0.333. The third-order valence-electron chi connectivity index (χ3n) is 2.80. The number of nitrogens with zero attached hydrogens (tertiary/aromatic N) is 1. The molecule has 6 nitrogen and oxygen atoms in total. The van der Waals surface area contributed by atoms with Crippen LogP contribution < -0.4 is 5.32 Å². The van der Waals surface area contributed by atoms with E-state index in [2.05, 4.69) is 21.2 Å². The van der Waals surface area contributed by atoms with Crippen LogP contribution >= 0.6 is 27.5 Å². The van der Waals surface area contributed by atoms with E-state index in [9.17, 15) is 9.59 Å². The van der Waals surface area contributed by atoms with Gasteiger partial charge in [-0.2, -0.15) is 0 Å². The van der Waals surface area contributed by atoms with E-state index < -0.39 is 18.1 Å². The average molecular weight is 364 g/mol. The first kappa shape index (κ1) is 15.1. The van der Waals surface area contributed by atoms with Crippen molar-refractivity contribution in [2.75, 3.05) is 25.0 Å². The van der Waals surface area contributed by atoms with E-state index in [0.29, 0.717) is 17.3 Å². The number of amides is 2. The van der Waals surface area contributed by atoms with Crippen LogP contribution in [0.15, 0.2) is 22.7 Å². The SMILES string of the molecule is O=C(O)C1CN(C(=O)Nc2ccc(Br)cc2Cl)CCO1. The van der Waals surface area contributed by atoms with Crippen LogP contribution in [-0.4, -0.2) is 47.8 Å². The van der Waals surface area contributed by atoms with Crippen LogP contribution in [0.1, 0.15) is 0 Å². The fourth-order valence-electron chi connectivity index (χ4n) is 1.77. The van der Waals surface area contributed by atoms with Crippen LogP contribution in [-0.2, 0) is 9.53 Å². The predicted octanol–water partition coefficient (Wildman–Crippen LogP) is 2.42. The number of morpholine rings is 1. The highest BCUT2D eigenvalue weighted by Crippen LogP contribution is 2.26. The highest BCUT2D eigenvalue weighted by molar-refractivity contribution is 9.10. The van der Waals surface area contributed by atoms with E-state index in [1.54, 1.807) is 18.2 Å². The highest BCUT2D eigenvalue weighted by atomic mass is 79.9. The van der Waals surface area contributed by atoms with Gasteiger partial charge in [0.05, 0.1) is 23.9 Å². The highest BCUT2D eigenvalue weighted by Gasteiger charge is 2.29. The Hall–Kier alpha value is -1.31. The molecule has 0 saturated carbocycles. The summed E-state index contributed by atoms with van der Waals surface area (Å²) in [4.78, 5) is 24.3. The molecule has 0 aromatic heterocycles. The molecule has 0 aliphatic carbocycles. The number of urea groups is 1. The van der Waals surface area contributed by atoms with Crippen LogP contribution in [0.3, 0.4) is 0 Å². The standard InChI is InChI=1S/C12H12BrClN2O4/c13-7-1-2-9(8(14)5-7)15-12(19)16-3-4-20-10(6-16)11(17)18/h1-2,5,10H,3-4,6H2,(H,15,19)(H,17,18). The maximum absolute atomic E-state index is 12.1. The molecule has 1 heterocycles. The van der Waals surface area contributed by atoms with Crippen LogP contribution in [0.4, 0.5) is 10.5 Å². The minimum absolute atomic E-state index is 0.00924.